The summed E-state index contributed by atoms with van der Waals surface area (Å²) in [6.07, 6.45) is 4.13. The SMILES string of the molecule is c1cnc(SCc2nc(Cc3ccsc3)no2)nc1. The van der Waals surface area contributed by atoms with E-state index in [2.05, 4.69) is 31.6 Å². The van der Waals surface area contributed by atoms with Crippen molar-refractivity contribution in [2.24, 2.45) is 0 Å². The van der Waals surface area contributed by atoms with E-state index in [1.54, 1.807) is 29.8 Å². The van der Waals surface area contributed by atoms with Crippen molar-refractivity contribution < 1.29 is 4.52 Å². The molecule has 0 N–H and O–H groups in total. The molecule has 0 unspecified atom stereocenters. The van der Waals surface area contributed by atoms with Gasteiger partial charge in [0.15, 0.2) is 11.0 Å². The average molecular weight is 290 g/mol. The third-order valence-corrected chi connectivity index (χ3v) is 3.91. The number of hydrogen-bond donors (Lipinski definition) is 0. The summed E-state index contributed by atoms with van der Waals surface area (Å²) in [5.74, 6) is 1.89. The molecule has 19 heavy (non-hydrogen) atoms. The van der Waals surface area contributed by atoms with Gasteiger partial charge in [0.2, 0.25) is 5.89 Å². The Morgan fingerprint density at radius 2 is 2.16 bits per heavy atom. The lowest BCUT2D eigenvalue weighted by Crippen LogP contribution is -1.89. The van der Waals surface area contributed by atoms with Crippen molar-refractivity contribution in [3.05, 3.63) is 52.6 Å². The van der Waals surface area contributed by atoms with Crippen LogP contribution >= 0.6 is 23.1 Å². The van der Waals surface area contributed by atoms with Crippen molar-refractivity contribution in [3.63, 3.8) is 0 Å². The Kier molecular flexibility index (Phi) is 3.85. The minimum absolute atomic E-state index is 0.584. The lowest BCUT2D eigenvalue weighted by molar-refractivity contribution is 0.385. The fourth-order valence-corrected chi connectivity index (χ4v) is 2.79. The first kappa shape index (κ1) is 12.3. The summed E-state index contributed by atoms with van der Waals surface area (Å²) in [6, 6.07) is 3.85. The summed E-state index contributed by atoms with van der Waals surface area (Å²) in [4.78, 5) is 12.6. The Morgan fingerprint density at radius 1 is 1.26 bits per heavy atom. The topological polar surface area (TPSA) is 64.7 Å². The summed E-state index contributed by atoms with van der Waals surface area (Å²) in [5.41, 5.74) is 1.20. The minimum atomic E-state index is 0.584. The van der Waals surface area contributed by atoms with E-state index in [1.165, 1.54) is 17.3 Å². The van der Waals surface area contributed by atoms with Crippen molar-refractivity contribution in [1.82, 2.24) is 20.1 Å². The van der Waals surface area contributed by atoms with Crippen LogP contribution in [0.1, 0.15) is 17.3 Å². The average Bonchev–Trinajstić information content (AvgIpc) is 3.10. The number of aromatic nitrogens is 4. The second-order valence-electron chi connectivity index (χ2n) is 3.73. The van der Waals surface area contributed by atoms with Gasteiger partial charge in [0.1, 0.15) is 0 Å². The van der Waals surface area contributed by atoms with Crippen LogP contribution in [0.15, 0.2) is 45.0 Å². The zero-order valence-corrected chi connectivity index (χ0v) is 11.5. The molecule has 3 aromatic rings. The van der Waals surface area contributed by atoms with Gasteiger partial charge >= 0.3 is 0 Å². The zero-order valence-electron chi connectivity index (χ0n) is 9.89. The van der Waals surface area contributed by atoms with Crippen molar-refractivity contribution in [3.8, 4) is 0 Å². The normalized spacial score (nSPS) is 10.7. The zero-order chi connectivity index (χ0) is 12.9. The van der Waals surface area contributed by atoms with Gasteiger partial charge in [0, 0.05) is 18.8 Å². The van der Waals surface area contributed by atoms with Gasteiger partial charge in [-0.15, -0.1) is 0 Å². The molecule has 0 bridgehead atoms. The van der Waals surface area contributed by atoms with E-state index in [-0.39, 0.29) is 0 Å². The predicted octanol–water partition coefficient (Wildman–Crippen LogP) is 2.80. The summed E-state index contributed by atoms with van der Waals surface area (Å²) in [7, 11) is 0. The standard InChI is InChI=1S/C12H10N4OS2/c1-3-13-12(14-4-1)19-8-11-15-10(16-17-11)6-9-2-5-18-7-9/h1-5,7H,6,8H2. The van der Waals surface area contributed by atoms with Crippen molar-refractivity contribution in [2.45, 2.75) is 17.3 Å². The van der Waals surface area contributed by atoms with Gasteiger partial charge in [-0.1, -0.05) is 16.9 Å². The molecule has 0 radical (unpaired) electrons. The van der Waals surface area contributed by atoms with Crippen LogP contribution in [-0.2, 0) is 12.2 Å². The Labute approximate surface area is 118 Å². The highest BCUT2D eigenvalue weighted by molar-refractivity contribution is 7.98. The van der Waals surface area contributed by atoms with Crippen molar-refractivity contribution in [1.29, 1.82) is 0 Å². The molecule has 3 heterocycles. The maximum atomic E-state index is 5.20. The van der Waals surface area contributed by atoms with Gasteiger partial charge < -0.3 is 4.52 Å². The van der Waals surface area contributed by atoms with Gasteiger partial charge in [-0.3, -0.25) is 0 Å². The maximum absolute atomic E-state index is 5.20. The highest BCUT2D eigenvalue weighted by Crippen LogP contribution is 2.18. The quantitative estimate of drug-likeness (QED) is 0.532. The molecule has 0 amide bonds. The summed E-state index contributed by atoms with van der Waals surface area (Å²) < 4.78 is 5.20. The summed E-state index contributed by atoms with van der Waals surface area (Å²) >= 11 is 3.14. The molecular formula is C12H10N4OS2. The number of thiophene rings is 1. The van der Waals surface area contributed by atoms with E-state index in [4.69, 9.17) is 4.52 Å². The lowest BCUT2D eigenvalue weighted by Gasteiger charge is -1.93. The molecule has 0 spiro atoms. The first-order valence-electron chi connectivity index (χ1n) is 5.62. The lowest BCUT2D eigenvalue weighted by atomic mass is 10.2. The molecule has 3 rings (SSSR count). The van der Waals surface area contributed by atoms with Crippen molar-refractivity contribution >= 4 is 23.1 Å². The Morgan fingerprint density at radius 3 is 2.95 bits per heavy atom. The predicted molar refractivity (Wildman–Crippen MR) is 73.0 cm³/mol. The van der Waals surface area contributed by atoms with Gasteiger partial charge in [-0.2, -0.15) is 16.3 Å². The number of hydrogen-bond acceptors (Lipinski definition) is 7. The van der Waals surface area contributed by atoms with Gasteiger partial charge in [0.25, 0.3) is 0 Å². The first-order valence-corrected chi connectivity index (χ1v) is 7.55. The molecular weight excluding hydrogens is 280 g/mol. The molecule has 0 fully saturated rings. The second-order valence-corrected chi connectivity index (χ2v) is 5.46. The Bertz CT molecular complexity index is 624. The Balaban J connectivity index is 1.59. The molecule has 7 heteroatoms. The van der Waals surface area contributed by atoms with E-state index >= 15 is 0 Å². The van der Waals surface area contributed by atoms with Crippen LogP contribution in [-0.4, -0.2) is 20.1 Å². The molecule has 0 aliphatic heterocycles. The molecule has 0 saturated carbocycles. The van der Waals surface area contributed by atoms with Crippen LogP contribution in [0, 0.1) is 0 Å². The minimum Gasteiger partial charge on any atom is -0.338 e. The monoisotopic (exact) mass is 290 g/mol. The molecule has 0 aliphatic rings. The van der Waals surface area contributed by atoms with Crippen LogP contribution in [0.2, 0.25) is 0 Å². The van der Waals surface area contributed by atoms with Crippen molar-refractivity contribution in [2.75, 3.05) is 0 Å². The van der Waals surface area contributed by atoms with Gasteiger partial charge in [0.05, 0.1) is 5.75 Å². The largest absolute Gasteiger partial charge is 0.338 e. The highest BCUT2D eigenvalue weighted by atomic mass is 32.2. The molecule has 0 aromatic carbocycles. The van der Waals surface area contributed by atoms with Crippen LogP contribution in [0.25, 0.3) is 0 Å². The molecule has 3 aromatic heterocycles. The van der Waals surface area contributed by atoms with E-state index in [0.717, 1.165) is 0 Å². The molecule has 5 nitrogen and oxygen atoms in total. The van der Waals surface area contributed by atoms with Crippen LogP contribution < -0.4 is 0 Å². The maximum Gasteiger partial charge on any atom is 0.237 e. The fourth-order valence-electron chi connectivity index (χ4n) is 1.48. The van der Waals surface area contributed by atoms with E-state index < -0.39 is 0 Å². The molecule has 0 atom stereocenters. The summed E-state index contributed by atoms with van der Waals surface area (Å²) in [5, 5.41) is 8.80. The second kappa shape index (κ2) is 5.94. The van der Waals surface area contributed by atoms with Crippen LogP contribution in [0.3, 0.4) is 0 Å². The third kappa shape index (κ3) is 3.39. The molecule has 0 aliphatic carbocycles. The van der Waals surface area contributed by atoms with E-state index in [0.29, 0.717) is 29.0 Å². The highest BCUT2D eigenvalue weighted by Gasteiger charge is 2.08. The Hall–Kier alpha value is -1.73. The number of nitrogens with zero attached hydrogens (tertiary/aromatic N) is 4. The number of rotatable bonds is 5. The smallest absolute Gasteiger partial charge is 0.237 e. The van der Waals surface area contributed by atoms with E-state index in [9.17, 15) is 0 Å². The number of thioether (sulfide) groups is 1. The van der Waals surface area contributed by atoms with Gasteiger partial charge in [-0.25, -0.2) is 9.97 Å². The molecule has 0 saturated heterocycles. The van der Waals surface area contributed by atoms with Crippen LogP contribution in [0.4, 0.5) is 0 Å². The first-order chi connectivity index (χ1) is 9.40. The fraction of sp³-hybridized carbons (Fsp3) is 0.167. The molecule has 96 valence electrons. The van der Waals surface area contributed by atoms with Gasteiger partial charge in [-0.05, 0) is 28.5 Å². The summed E-state index contributed by atoms with van der Waals surface area (Å²) in [6.45, 7) is 0. The van der Waals surface area contributed by atoms with E-state index in [1.807, 2.05) is 5.38 Å². The van der Waals surface area contributed by atoms with Crippen LogP contribution in [0.5, 0.6) is 0 Å². The third-order valence-electron chi connectivity index (χ3n) is 2.32.